The van der Waals surface area contributed by atoms with E-state index in [1.54, 1.807) is 4.68 Å². The van der Waals surface area contributed by atoms with Crippen LogP contribution in [-0.4, -0.2) is 55.5 Å². The Hall–Kier alpha value is -3.32. The van der Waals surface area contributed by atoms with Gasteiger partial charge in [-0.2, -0.15) is 0 Å². The van der Waals surface area contributed by atoms with Crippen LogP contribution in [0.3, 0.4) is 0 Å². The lowest BCUT2D eigenvalue weighted by Crippen LogP contribution is -2.35. The van der Waals surface area contributed by atoms with Gasteiger partial charge in [-0.25, -0.2) is 19.4 Å². The molecular weight excluding hydrogens is 426 g/mol. The van der Waals surface area contributed by atoms with E-state index in [0.717, 1.165) is 5.56 Å². The lowest BCUT2D eigenvalue weighted by atomic mass is 10.1. The molecule has 10 heteroatoms. The quantitative estimate of drug-likeness (QED) is 0.232. The van der Waals surface area contributed by atoms with Crippen LogP contribution >= 0.6 is 11.8 Å². The summed E-state index contributed by atoms with van der Waals surface area (Å²) in [5.41, 5.74) is 2.91. The third-order valence-corrected chi connectivity index (χ3v) is 4.92. The smallest absolute Gasteiger partial charge is 0.407 e. The zero-order chi connectivity index (χ0) is 23.1. The second kappa shape index (κ2) is 10.3. The largest absolute Gasteiger partial charge is 0.444 e. The van der Waals surface area contributed by atoms with Gasteiger partial charge in [0.1, 0.15) is 5.60 Å². The number of anilines is 1. The van der Waals surface area contributed by atoms with Crippen LogP contribution in [0.15, 0.2) is 29.4 Å². The summed E-state index contributed by atoms with van der Waals surface area (Å²) in [6.45, 7) is 8.81. The third kappa shape index (κ3) is 6.59. The number of nitrogens with zero attached hydrogens (tertiary/aromatic N) is 5. The summed E-state index contributed by atoms with van der Waals surface area (Å²) in [7, 11) is 0. The number of carbonyl (C=O) groups excluding carboxylic acids is 1. The highest BCUT2D eigenvalue weighted by Crippen LogP contribution is 2.23. The molecule has 2 N–H and O–H groups in total. The fourth-order valence-corrected chi connectivity index (χ4v) is 3.28. The van der Waals surface area contributed by atoms with Gasteiger partial charge in [0.15, 0.2) is 22.1 Å². The maximum Gasteiger partial charge on any atom is 0.407 e. The van der Waals surface area contributed by atoms with E-state index < -0.39 is 11.7 Å². The van der Waals surface area contributed by atoms with Crippen molar-refractivity contribution in [2.75, 3.05) is 24.2 Å². The topological polar surface area (TPSA) is 107 Å². The van der Waals surface area contributed by atoms with Crippen LogP contribution in [-0.2, 0) is 11.3 Å². The normalized spacial score (nSPS) is 11.2. The minimum atomic E-state index is -0.546. The molecule has 9 nitrogen and oxygen atoms in total. The Morgan fingerprint density at radius 2 is 1.97 bits per heavy atom. The van der Waals surface area contributed by atoms with Crippen molar-refractivity contribution in [2.24, 2.45) is 0 Å². The van der Waals surface area contributed by atoms with Gasteiger partial charge in [-0.15, -0.1) is 11.5 Å². The highest BCUT2D eigenvalue weighted by molar-refractivity contribution is 7.99. The number of amides is 1. The van der Waals surface area contributed by atoms with E-state index in [0.29, 0.717) is 47.5 Å². The van der Waals surface area contributed by atoms with Crippen LogP contribution < -0.4 is 10.6 Å². The van der Waals surface area contributed by atoms with Crippen LogP contribution in [0.5, 0.6) is 0 Å². The van der Waals surface area contributed by atoms with E-state index in [1.165, 1.54) is 17.3 Å². The van der Waals surface area contributed by atoms with Crippen LogP contribution in [0, 0.1) is 19.3 Å². The molecule has 32 heavy (non-hydrogen) atoms. The first-order chi connectivity index (χ1) is 15.2. The molecule has 0 radical (unpaired) electrons. The predicted molar refractivity (Wildman–Crippen MR) is 126 cm³/mol. The molecule has 0 bridgehead atoms. The monoisotopic (exact) mass is 453 g/mol. The van der Waals surface area contributed by atoms with Gasteiger partial charge in [-0.05, 0) is 33.3 Å². The first kappa shape index (κ1) is 23.3. The summed E-state index contributed by atoms with van der Waals surface area (Å²) in [6, 6.07) is 8.23. The predicted octanol–water partition coefficient (Wildman–Crippen LogP) is 3.24. The Kier molecular flexibility index (Phi) is 7.53. The molecule has 0 spiro atoms. The Morgan fingerprint density at radius 3 is 2.66 bits per heavy atom. The number of terminal acetylenes is 1. The number of thioether (sulfide) groups is 1. The minimum Gasteiger partial charge on any atom is -0.444 e. The zero-order valence-corrected chi connectivity index (χ0v) is 19.5. The number of carbonyl (C=O) groups is 1. The molecule has 2 heterocycles. The average molecular weight is 454 g/mol. The molecule has 0 aliphatic rings. The van der Waals surface area contributed by atoms with Gasteiger partial charge >= 0.3 is 6.09 Å². The Balaban J connectivity index is 1.76. The van der Waals surface area contributed by atoms with Gasteiger partial charge < -0.3 is 15.4 Å². The molecule has 0 saturated heterocycles. The summed E-state index contributed by atoms with van der Waals surface area (Å²) in [5.74, 6) is 3.57. The van der Waals surface area contributed by atoms with Crippen molar-refractivity contribution < 1.29 is 9.53 Å². The fraction of sp³-hybridized carbons (Fsp3) is 0.409. The maximum absolute atomic E-state index is 11.8. The second-order valence-corrected chi connectivity index (χ2v) is 9.05. The van der Waals surface area contributed by atoms with Crippen LogP contribution in [0.1, 0.15) is 31.9 Å². The number of benzene rings is 1. The molecule has 0 saturated carbocycles. The van der Waals surface area contributed by atoms with Crippen molar-refractivity contribution in [2.45, 2.75) is 45.0 Å². The third-order valence-electron chi connectivity index (χ3n) is 4.17. The van der Waals surface area contributed by atoms with E-state index in [-0.39, 0.29) is 0 Å². The molecule has 0 unspecified atom stereocenters. The molecule has 168 valence electrons. The van der Waals surface area contributed by atoms with Crippen molar-refractivity contribution >= 4 is 34.8 Å². The minimum absolute atomic E-state index is 0.352. The molecule has 2 aromatic heterocycles. The SMILES string of the molecule is C#CCSc1nc(NCCNC(=O)OC(C)(C)C)c2nnn(Cc3ccc(C)cc3)c2n1. The number of fused-ring (bicyclic) bond motifs is 1. The van der Waals surface area contributed by atoms with E-state index >= 15 is 0 Å². The molecule has 0 aliphatic heterocycles. The number of hydrogen-bond acceptors (Lipinski definition) is 8. The summed E-state index contributed by atoms with van der Waals surface area (Å²) in [6.07, 6.45) is 4.93. The van der Waals surface area contributed by atoms with Crippen molar-refractivity contribution in [1.29, 1.82) is 0 Å². The van der Waals surface area contributed by atoms with Crippen molar-refractivity contribution in [3.05, 3.63) is 35.4 Å². The van der Waals surface area contributed by atoms with Crippen molar-refractivity contribution in [3.8, 4) is 12.3 Å². The number of aromatic nitrogens is 5. The highest BCUT2D eigenvalue weighted by atomic mass is 32.2. The molecule has 0 fully saturated rings. The Labute approximate surface area is 191 Å². The van der Waals surface area contributed by atoms with Gasteiger partial charge in [0, 0.05) is 13.1 Å². The molecule has 0 atom stereocenters. The Morgan fingerprint density at radius 1 is 1.22 bits per heavy atom. The molecule has 3 rings (SSSR count). The molecular formula is C22H27N7O2S. The van der Waals surface area contributed by atoms with Crippen molar-refractivity contribution in [1.82, 2.24) is 30.3 Å². The molecule has 3 aromatic rings. The van der Waals surface area contributed by atoms with E-state index in [2.05, 4.69) is 61.1 Å². The van der Waals surface area contributed by atoms with Gasteiger partial charge in [0.05, 0.1) is 12.3 Å². The summed E-state index contributed by atoms with van der Waals surface area (Å²) in [5, 5.41) is 15.0. The van der Waals surface area contributed by atoms with E-state index in [9.17, 15) is 4.79 Å². The van der Waals surface area contributed by atoms with E-state index in [1.807, 2.05) is 27.7 Å². The van der Waals surface area contributed by atoms with Gasteiger partial charge in [-0.1, -0.05) is 52.7 Å². The van der Waals surface area contributed by atoms with Gasteiger partial charge in [0.2, 0.25) is 0 Å². The van der Waals surface area contributed by atoms with Crippen LogP contribution in [0.2, 0.25) is 0 Å². The maximum atomic E-state index is 11.8. The molecule has 1 amide bonds. The zero-order valence-electron chi connectivity index (χ0n) is 18.7. The second-order valence-electron chi connectivity index (χ2n) is 8.11. The molecule has 1 aromatic carbocycles. The first-order valence-electron chi connectivity index (χ1n) is 10.2. The van der Waals surface area contributed by atoms with Crippen LogP contribution in [0.4, 0.5) is 10.6 Å². The van der Waals surface area contributed by atoms with Gasteiger partial charge in [-0.3, -0.25) is 0 Å². The number of hydrogen-bond donors (Lipinski definition) is 2. The number of ether oxygens (including phenoxy) is 1. The van der Waals surface area contributed by atoms with Gasteiger partial charge in [0.25, 0.3) is 0 Å². The lowest BCUT2D eigenvalue weighted by molar-refractivity contribution is 0.0530. The lowest BCUT2D eigenvalue weighted by Gasteiger charge is -2.19. The van der Waals surface area contributed by atoms with Crippen LogP contribution in [0.25, 0.3) is 11.2 Å². The number of nitrogens with one attached hydrogen (secondary N) is 2. The first-order valence-corrected chi connectivity index (χ1v) is 11.2. The number of rotatable bonds is 8. The fourth-order valence-electron chi connectivity index (χ4n) is 2.76. The summed E-state index contributed by atoms with van der Waals surface area (Å²) in [4.78, 5) is 21.0. The standard InChI is InChI=1S/C22H27N7O2S/c1-6-13-32-20-25-18(23-11-12-24-21(30)31-22(3,4)5)17-19(26-20)29(28-27-17)14-16-9-7-15(2)8-10-16/h1,7-10H,11-14H2,2-5H3,(H,24,30)(H,23,25,26). The van der Waals surface area contributed by atoms with E-state index in [4.69, 9.17) is 11.2 Å². The average Bonchev–Trinajstić information content (AvgIpc) is 3.13. The van der Waals surface area contributed by atoms with Crippen molar-refractivity contribution in [3.63, 3.8) is 0 Å². The summed E-state index contributed by atoms with van der Waals surface area (Å²) < 4.78 is 6.98. The Bertz CT molecular complexity index is 1110. The summed E-state index contributed by atoms with van der Waals surface area (Å²) >= 11 is 1.36. The highest BCUT2D eigenvalue weighted by Gasteiger charge is 2.17. The molecule has 0 aliphatic carbocycles. The number of alkyl carbamates (subject to hydrolysis) is 1. The number of aryl methyl sites for hydroxylation is 1.